The summed E-state index contributed by atoms with van der Waals surface area (Å²) in [7, 11) is -3.38. The molecule has 0 atom stereocenters. The Labute approximate surface area is 94.1 Å². The molecule has 0 amide bonds. The molecule has 0 aliphatic carbocycles. The van der Waals surface area contributed by atoms with E-state index in [4.69, 9.17) is 5.73 Å². The van der Waals surface area contributed by atoms with Crippen LogP contribution in [0.5, 0.6) is 0 Å². The molecular formula is C9H14N2O2S2. The normalized spacial score (nSPS) is 11.9. The van der Waals surface area contributed by atoms with E-state index in [0.717, 1.165) is 0 Å². The van der Waals surface area contributed by atoms with E-state index in [9.17, 15) is 8.42 Å². The van der Waals surface area contributed by atoms with Crippen molar-refractivity contribution in [3.8, 4) is 0 Å². The lowest BCUT2D eigenvalue weighted by Crippen LogP contribution is -2.35. The van der Waals surface area contributed by atoms with Crippen LogP contribution in [-0.4, -0.2) is 32.4 Å². The van der Waals surface area contributed by atoms with E-state index in [1.807, 2.05) is 0 Å². The maximum absolute atomic E-state index is 12.0. The molecule has 0 saturated carbocycles. The molecule has 0 saturated heterocycles. The molecule has 1 aromatic heterocycles. The number of hydrogen-bond donors (Lipinski definition) is 1. The van der Waals surface area contributed by atoms with Crippen molar-refractivity contribution >= 4 is 21.4 Å². The van der Waals surface area contributed by atoms with Crippen molar-refractivity contribution in [3.63, 3.8) is 0 Å². The molecule has 4 nitrogen and oxygen atoms in total. The van der Waals surface area contributed by atoms with Gasteiger partial charge in [-0.05, 0) is 11.4 Å². The third-order valence-corrected chi connectivity index (χ3v) is 5.04. The van der Waals surface area contributed by atoms with Gasteiger partial charge in [-0.25, -0.2) is 8.42 Å². The van der Waals surface area contributed by atoms with Crippen LogP contribution in [0.15, 0.2) is 34.4 Å². The van der Waals surface area contributed by atoms with Crippen molar-refractivity contribution in [1.29, 1.82) is 0 Å². The number of nitrogens with two attached hydrogens (primary N) is 1. The third-order valence-electron chi connectivity index (χ3n) is 1.80. The molecule has 0 radical (unpaired) electrons. The third kappa shape index (κ3) is 2.88. The first-order chi connectivity index (χ1) is 7.12. The highest BCUT2D eigenvalue weighted by Gasteiger charge is 2.23. The van der Waals surface area contributed by atoms with Crippen molar-refractivity contribution in [2.24, 2.45) is 5.73 Å². The van der Waals surface area contributed by atoms with Gasteiger partial charge in [0.15, 0.2) is 0 Å². The van der Waals surface area contributed by atoms with E-state index in [2.05, 4.69) is 6.58 Å². The molecule has 0 bridgehead atoms. The molecule has 6 heteroatoms. The average Bonchev–Trinajstić information content (AvgIpc) is 2.70. The molecule has 0 aliphatic rings. The van der Waals surface area contributed by atoms with Gasteiger partial charge in [-0.2, -0.15) is 4.31 Å². The fourth-order valence-corrected chi connectivity index (χ4v) is 3.71. The Balaban J connectivity index is 2.96. The fourth-order valence-electron chi connectivity index (χ4n) is 1.14. The van der Waals surface area contributed by atoms with Gasteiger partial charge in [0.1, 0.15) is 4.21 Å². The van der Waals surface area contributed by atoms with Gasteiger partial charge in [0, 0.05) is 19.6 Å². The second kappa shape index (κ2) is 5.41. The molecule has 0 aliphatic heterocycles. The van der Waals surface area contributed by atoms with E-state index in [0.29, 0.717) is 17.3 Å². The summed E-state index contributed by atoms with van der Waals surface area (Å²) in [6.07, 6.45) is 1.56. The van der Waals surface area contributed by atoms with Crippen molar-refractivity contribution < 1.29 is 8.42 Å². The van der Waals surface area contributed by atoms with E-state index < -0.39 is 10.0 Å². The highest BCUT2D eigenvalue weighted by molar-refractivity contribution is 7.91. The smallest absolute Gasteiger partial charge is 0.252 e. The van der Waals surface area contributed by atoms with E-state index in [-0.39, 0.29) is 6.54 Å². The van der Waals surface area contributed by atoms with Gasteiger partial charge in [0.25, 0.3) is 10.0 Å². The van der Waals surface area contributed by atoms with Crippen LogP contribution >= 0.6 is 11.3 Å². The van der Waals surface area contributed by atoms with Crippen LogP contribution in [0.2, 0.25) is 0 Å². The zero-order valence-electron chi connectivity index (χ0n) is 8.30. The first kappa shape index (κ1) is 12.4. The zero-order chi connectivity index (χ0) is 11.3. The Morgan fingerprint density at radius 1 is 1.60 bits per heavy atom. The summed E-state index contributed by atoms with van der Waals surface area (Å²) >= 11 is 1.21. The first-order valence-corrected chi connectivity index (χ1v) is 6.79. The first-order valence-electron chi connectivity index (χ1n) is 4.47. The number of thiophene rings is 1. The van der Waals surface area contributed by atoms with Gasteiger partial charge in [0.2, 0.25) is 0 Å². The van der Waals surface area contributed by atoms with Gasteiger partial charge < -0.3 is 5.73 Å². The number of sulfonamides is 1. The Bertz CT molecular complexity index is 398. The Morgan fingerprint density at radius 2 is 2.33 bits per heavy atom. The predicted molar refractivity (Wildman–Crippen MR) is 62.3 cm³/mol. The Morgan fingerprint density at radius 3 is 2.80 bits per heavy atom. The number of nitrogens with zero attached hydrogens (tertiary/aromatic N) is 1. The monoisotopic (exact) mass is 246 g/mol. The highest BCUT2D eigenvalue weighted by Crippen LogP contribution is 2.20. The lowest BCUT2D eigenvalue weighted by Gasteiger charge is -2.18. The van der Waals surface area contributed by atoms with Gasteiger partial charge in [-0.15, -0.1) is 17.9 Å². The van der Waals surface area contributed by atoms with Gasteiger partial charge in [0.05, 0.1) is 0 Å². The van der Waals surface area contributed by atoms with Gasteiger partial charge in [-0.1, -0.05) is 12.1 Å². The minimum Gasteiger partial charge on any atom is -0.329 e. The van der Waals surface area contributed by atoms with Crippen LogP contribution < -0.4 is 5.73 Å². The highest BCUT2D eigenvalue weighted by atomic mass is 32.2. The molecular weight excluding hydrogens is 232 g/mol. The van der Waals surface area contributed by atoms with Crippen molar-refractivity contribution in [1.82, 2.24) is 4.31 Å². The molecule has 0 unspecified atom stereocenters. The standard InChI is InChI=1S/C9H14N2O2S2/c1-2-6-11(7-5-10)15(12,13)9-4-3-8-14-9/h2-4,8H,1,5-7,10H2. The molecule has 15 heavy (non-hydrogen) atoms. The average molecular weight is 246 g/mol. The summed E-state index contributed by atoms with van der Waals surface area (Å²) in [5, 5.41) is 1.74. The Hall–Kier alpha value is -0.690. The second-order valence-electron chi connectivity index (χ2n) is 2.87. The largest absolute Gasteiger partial charge is 0.329 e. The summed E-state index contributed by atoms with van der Waals surface area (Å²) in [5.74, 6) is 0. The minimum absolute atomic E-state index is 0.289. The van der Waals surface area contributed by atoms with E-state index >= 15 is 0 Å². The SMILES string of the molecule is C=CCN(CCN)S(=O)(=O)c1cccs1. The van der Waals surface area contributed by atoms with Crippen LogP contribution in [-0.2, 0) is 10.0 Å². The van der Waals surface area contributed by atoms with Gasteiger partial charge >= 0.3 is 0 Å². The maximum atomic E-state index is 12.0. The van der Waals surface area contributed by atoms with Crippen LogP contribution in [0.25, 0.3) is 0 Å². The van der Waals surface area contributed by atoms with Crippen molar-refractivity contribution in [2.45, 2.75) is 4.21 Å². The van der Waals surface area contributed by atoms with Crippen LogP contribution in [0.4, 0.5) is 0 Å². The van der Waals surface area contributed by atoms with Gasteiger partial charge in [-0.3, -0.25) is 0 Å². The summed E-state index contributed by atoms with van der Waals surface area (Å²) in [6, 6.07) is 3.30. The number of hydrogen-bond acceptors (Lipinski definition) is 4. The zero-order valence-corrected chi connectivity index (χ0v) is 9.93. The molecule has 1 heterocycles. The fraction of sp³-hybridized carbons (Fsp3) is 0.333. The van der Waals surface area contributed by atoms with E-state index in [1.165, 1.54) is 15.6 Å². The van der Waals surface area contributed by atoms with Crippen molar-refractivity contribution in [2.75, 3.05) is 19.6 Å². The topological polar surface area (TPSA) is 63.4 Å². The molecule has 0 spiro atoms. The summed E-state index contributed by atoms with van der Waals surface area (Å²) in [6.45, 7) is 4.44. The lowest BCUT2D eigenvalue weighted by molar-refractivity contribution is 0.451. The minimum atomic E-state index is -3.38. The number of rotatable bonds is 6. The summed E-state index contributed by atoms with van der Waals surface area (Å²) in [4.78, 5) is 0. The Kier molecular flexibility index (Phi) is 4.46. The molecule has 0 fully saturated rings. The quantitative estimate of drug-likeness (QED) is 0.758. The lowest BCUT2D eigenvalue weighted by atomic mass is 10.6. The second-order valence-corrected chi connectivity index (χ2v) is 5.98. The maximum Gasteiger partial charge on any atom is 0.252 e. The molecule has 0 aromatic carbocycles. The van der Waals surface area contributed by atoms with Crippen LogP contribution in [0.3, 0.4) is 0 Å². The predicted octanol–water partition coefficient (Wildman–Crippen LogP) is 0.883. The van der Waals surface area contributed by atoms with Crippen LogP contribution in [0.1, 0.15) is 0 Å². The van der Waals surface area contributed by atoms with Crippen molar-refractivity contribution in [3.05, 3.63) is 30.2 Å². The molecule has 84 valence electrons. The summed E-state index contributed by atoms with van der Waals surface area (Å²) < 4.78 is 25.7. The molecule has 1 rings (SSSR count). The van der Waals surface area contributed by atoms with E-state index in [1.54, 1.807) is 23.6 Å². The van der Waals surface area contributed by atoms with Crippen LogP contribution in [0, 0.1) is 0 Å². The molecule has 2 N–H and O–H groups in total. The molecule has 1 aromatic rings. The summed E-state index contributed by atoms with van der Waals surface area (Å²) in [5.41, 5.74) is 5.37.